The van der Waals surface area contributed by atoms with Crippen LogP contribution < -0.4 is 5.32 Å². The van der Waals surface area contributed by atoms with Crippen LogP contribution in [0.4, 0.5) is 0 Å². The third kappa shape index (κ3) is 4.24. The molecule has 1 aliphatic heterocycles. The van der Waals surface area contributed by atoms with Crippen LogP contribution in [0, 0.1) is 13.8 Å². The van der Waals surface area contributed by atoms with Crippen molar-refractivity contribution in [2.45, 2.75) is 52.6 Å². The van der Waals surface area contributed by atoms with Crippen molar-refractivity contribution in [1.82, 2.24) is 15.1 Å². The molecule has 1 saturated heterocycles. The van der Waals surface area contributed by atoms with Crippen LogP contribution in [0.15, 0.2) is 24.3 Å². The molecular weight excluding hydrogens is 362 g/mol. The van der Waals surface area contributed by atoms with Gasteiger partial charge in [-0.2, -0.15) is 5.10 Å². The van der Waals surface area contributed by atoms with E-state index in [9.17, 15) is 13.2 Å². The lowest BCUT2D eigenvalue weighted by atomic mass is 10.0. The van der Waals surface area contributed by atoms with E-state index >= 15 is 0 Å². The number of aromatic nitrogens is 2. The maximum absolute atomic E-state index is 12.6. The van der Waals surface area contributed by atoms with Gasteiger partial charge in [-0.25, -0.2) is 8.42 Å². The summed E-state index contributed by atoms with van der Waals surface area (Å²) in [5.41, 5.74) is 4.38. The SMILES string of the molecule is CC[C@H](C)NC(=O)c1cc(-c2ccc(C)c(C)c2)n([C@H]2CCS(=O)(=O)C2)n1. The van der Waals surface area contributed by atoms with Gasteiger partial charge in [0.15, 0.2) is 15.5 Å². The Balaban J connectivity index is 2.04. The summed E-state index contributed by atoms with van der Waals surface area (Å²) in [7, 11) is -3.05. The summed E-state index contributed by atoms with van der Waals surface area (Å²) < 4.78 is 25.7. The predicted molar refractivity (Wildman–Crippen MR) is 107 cm³/mol. The van der Waals surface area contributed by atoms with E-state index in [1.54, 1.807) is 10.7 Å². The predicted octanol–water partition coefficient (Wildman–Crippen LogP) is 3.05. The van der Waals surface area contributed by atoms with Gasteiger partial charge in [0.05, 0.1) is 23.2 Å². The van der Waals surface area contributed by atoms with Crippen LogP contribution in [-0.2, 0) is 9.84 Å². The Morgan fingerprint density at radius 3 is 2.63 bits per heavy atom. The first-order valence-corrected chi connectivity index (χ1v) is 11.2. The summed E-state index contributed by atoms with van der Waals surface area (Å²) in [6.07, 6.45) is 1.35. The van der Waals surface area contributed by atoms with Crippen molar-refractivity contribution in [3.8, 4) is 11.3 Å². The van der Waals surface area contributed by atoms with Gasteiger partial charge in [0.25, 0.3) is 5.91 Å². The van der Waals surface area contributed by atoms with Gasteiger partial charge in [0, 0.05) is 11.6 Å². The fourth-order valence-corrected chi connectivity index (χ4v) is 4.96. The van der Waals surface area contributed by atoms with E-state index in [4.69, 9.17) is 0 Å². The molecule has 27 heavy (non-hydrogen) atoms. The van der Waals surface area contributed by atoms with Crippen LogP contribution in [0.3, 0.4) is 0 Å². The number of carbonyl (C=O) groups is 1. The molecule has 7 heteroatoms. The second-order valence-electron chi connectivity index (χ2n) is 7.50. The molecule has 6 nitrogen and oxygen atoms in total. The first-order valence-electron chi connectivity index (χ1n) is 9.38. The number of hydrogen-bond donors (Lipinski definition) is 1. The Bertz CT molecular complexity index is 963. The third-order valence-electron chi connectivity index (χ3n) is 5.32. The van der Waals surface area contributed by atoms with E-state index < -0.39 is 9.84 Å². The number of sulfone groups is 1. The second-order valence-corrected chi connectivity index (χ2v) is 9.73. The van der Waals surface area contributed by atoms with Crippen LogP contribution in [0.2, 0.25) is 0 Å². The van der Waals surface area contributed by atoms with Gasteiger partial charge in [0.1, 0.15) is 0 Å². The Kier molecular flexibility index (Phi) is 5.42. The molecular formula is C20H27N3O3S. The van der Waals surface area contributed by atoms with Crippen molar-refractivity contribution in [2.24, 2.45) is 0 Å². The molecule has 1 fully saturated rings. The molecule has 0 radical (unpaired) electrons. The van der Waals surface area contributed by atoms with E-state index in [-0.39, 0.29) is 29.5 Å². The average molecular weight is 390 g/mol. The van der Waals surface area contributed by atoms with Gasteiger partial charge in [-0.15, -0.1) is 0 Å². The lowest BCUT2D eigenvalue weighted by Gasteiger charge is -2.14. The molecule has 1 aromatic heterocycles. The van der Waals surface area contributed by atoms with E-state index in [0.29, 0.717) is 12.1 Å². The summed E-state index contributed by atoms with van der Waals surface area (Å²) >= 11 is 0. The molecule has 0 unspecified atom stereocenters. The van der Waals surface area contributed by atoms with E-state index in [2.05, 4.69) is 16.5 Å². The normalized spacial score (nSPS) is 19.8. The van der Waals surface area contributed by atoms with Gasteiger partial charge in [-0.1, -0.05) is 19.1 Å². The third-order valence-corrected chi connectivity index (χ3v) is 7.07. The van der Waals surface area contributed by atoms with Crippen molar-refractivity contribution in [2.75, 3.05) is 11.5 Å². The van der Waals surface area contributed by atoms with Gasteiger partial charge in [0.2, 0.25) is 0 Å². The summed E-state index contributed by atoms with van der Waals surface area (Å²) in [5.74, 6) is 0.00563. The maximum Gasteiger partial charge on any atom is 0.272 e. The highest BCUT2D eigenvalue weighted by atomic mass is 32.2. The molecule has 0 saturated carbocycles. The first-order chi connectivity index (χ1) is 12.7. The molecule has 1 amide bonds. The van der Waals surface area contributed by atoms with Crippen molar-refractivity contribution >= 4 is 15.7 Å². The lowest BCUT2D eigenvalue weighted by molar-refractivity contribution is 0.0933. The smallest absolute Gasteiger partial charge is 0.272 e. The van der Waals surface area contributed by atoms with Crippen molar-refractivity contribution in [3.05, 3.63) is 41.1 Å². The molecule has 146 valence electrons. The maximum atomic E-state index is 12.6. The molecule has 3 rings (SSSR count). The Hall–Kier alpha value is -2.15. The minimum atomic E-state index is -3.05. The van der Waals surface area contributed by atoms with Gasteiger partial charge >= 0.3 is 0 Å². The van der Waals surface area contributed by atoms with Gasteiger partial charge in [-0.3, -0.25) is 9.48 Å². The highest BCUT2D eigenvalue weighted by Gasteiger charge is 2.32. The number of hydrogen-bond acceptors (Lipinski definition) is 4. The molecule has 0 bridgehead atoms. The number of rotatable bonds is 5. The number of benzene rings is 1. The fourth-order valence-electron chi connectivity index (χ4n) is 3.27. The highest BCUT2D eigenvalue weighted by molar-refractivity contribution is 7.91. The monoisotopic (exact) mass is 389 g/mol. The zero-order valence-corrected chi connectivity index (χ0v) is 17.1. The van der Waals surface area contributed by atoms with Gasteiger partial charge in [-0.05, 0) is 56.9 Å². The number of carbonyl (C=O) groups excluding carboxylic acids is 1. The number of nitrogens with one attached hydrogen (secondary N) is 1. The van der Waals surface area contributed by atoms with Crippen molar-refractivity contribution < 1.29 is 13.2 Å². The topological polar surface area (TPSA) is 81.1 Å². The number of nitrogens with zero attached hydrogens (tertiary/aromatic N) is 2. The summed E-state index contributed by atoms with van der Waals surface area (Å²) in [6, 6.07) is 7.67. The quantitative estimate of drug-likeness (QED) is 0.852. The zero-order valence-electron chi connectivity index (χ0n) is 16.3. The summed E-state index contributed by atoms with van der Waals surface area (Å²) in [6.45, 7) is 8.04. The minimum absolute atomic E-state index is 0.0552. The van der Waals surface area contributed by atoms with Gasteiger partial charge < -0.3 is 5.32 Å². The van der Waals surface area contributed by atoms with Crippen LogP contribution in [0.1, 0.15) is 54.3 Å². The molecule has 2 aromatic rings. The lowest BCUT2D eigenvalue weighted by Crippen LogP contribution is -2.32. The molecule has 1 aliphatic rings. The zero-order chi connectivity index (χ0) is 19.8. The number of aryl methyl sites for hydroxylation is 2. The Morgan fingerprint density at radius 1 is 1.30 bits per heavy atom. The van der Waals surface area contributed by atoms with Crippen LogP contribution in [0.25, 0.3) is 11.3 Å². The molecule has 2 atom stereocenters. The fraction of sp³-hybridized carbons (Fsp3) is 0.500. The molecule has 1 N–H and O–H groups in total. The van der Waals surface area contributed by atoms with Crippen molar-refractivity contribution in [3.63, 3.8) is 0 Å². The highest BCUT2D eigenvalue weighted by Crippen LogP contribution is 2.31. The van der Waals surface area contributed by atoms with E-state index in [1.807, 2.05) is 39.8 Å². The van der Waals surface area contributed by atoms with Crippen LogP contribution in [-0.4, -0.2) is 41.7 Å². The second kappa shape index (κ2) is 7.46. The largest absolute Gasteiger partial charge is 0.348 e. The summed E-state index contributed by atoms with van der Waals surface area (Å²) in [5, 5.41) is 7.45. The van der Waals surface area contributed by atoms with Crippen LogP contribution in [0.5, 0.6) is 0 Å². The Labute approximate surface area is 160 Å². The van der Waals surface area contributed by atoms with E-state index in [0.717, 1.165) is 23.2 Å². The molecule has 2 heterocycles. The minimum Gasteiger partial charge on any atom is -0.348 e. The molecule has 0 aliphatic carbocycles. The average Bonchev–Trinajstić information content (AvgIpc) is 3.20. The van der Waals surface area contributed by atoms with E-state index in [1.165, 1.54) is 5.56 Å². The first kappa shape index (κ1) is 19.6. The van der Waals surface area contributed by atoms with Crippen molar-refractivity contribution in [1.29, 1.82) is 0 Å². The summed E-state index contributed by atoms with van der Waals surface area (Å²) in [4.78, 5) is 12.6. The molecule has 0 spiro atoms. The van der Waals surface area contributed by atoms with Crippen LogP contribution >= 0.6 is 0 Å². The molecule has 1 aromatic carbocycles. The number of amides is 1. The Morgan fingerprint density at radius 2 is 2.04 bits per heavy atom. The standard InChI is InChI=1S/C20H27N3O3S/c1-5-15(4)21-20(24)18-11-19(16-7-6-13(2)14(3)10-16)23(22-18)17-8-9-27(25,26)12-17/h6-7,10-11,15,17H,5,8-9,12H2,1-4H3,(H,21,24)/t15-,17-/m0/s1.